The second-order valence-electron chi connectivity index (χ2n) is 5.07. The number of amides is 1. The van der Waals surface area contributed by atoms with Gasteiger partial charge in [0.1, 0.15) is 0 Å². The van der Waals surface area contributed by atoms with Crippen molar-refractivity contribution in [1.29, 1.82) is 0 Å². The Bertz CT molecular complexity index is 441. The maximum atomic E-state index is 12.6. The third-order valence-electron chi connectivity index (χ3n) is 3.72. The van der Waals surface area contributed by atoms with Crippen LogP contribution in [0.1, 0.15) is 30.6 Å². The quantitative estimate of drug-likeness (QED) is 0.889. The largest absolute Gasteiger partial charge is 0.384 e. The second-order valence-corrected chi connectivity index (χ2v) is 5.07. The van der Waals surface area contributed by atoms with Crippen LogP contribution in [0, 0.1) is 0 Å². The van der Waals surface area contributed by atoms with Crippen molar-refractivity contribution in [3.05, 3.63) is 24.0 Å². The van der Waals surface area contributed by atoms with Crippen LogP contribution >= 0.6 is 0 Å². The summed E-state index contributed by atoms with van der Waals surface area (Å²) in [6, 6.07) is 1.88. The lowest BCUT2D eigenvalue weighted by Crippen LogP contribution is -2.48. The number of nitrogens with zero attached hydrogens (tertiary/aromatic N) is 3. The van der Waals surface area contributed by atoms with Crippen molar-refractivity contribution in [3.63, 3.8) is 0 Å². The van der Waals surface area contributed by atoms with Crippen LogP contribution in [0.5, 0.6) is 0 Å². The van der Waals surface area contributed by atoms with Gasteiger partial charge in [-0.15, -0.1) is 0 Å². The average molecular weight is 276 g/mol. The molecule has 1 aliphatic heterocycles. The first-order valence-corrected chi connectivity index (χ1v) is 7.45. The molecule has 110 valence electrons. The van der Waals surface area contributed by atoms with Crippen LogP contribution in [0.2, 0.25) is 0 Å². The highest BCUT2D eigenvalue weighted by molar-refractivity contribution is 5.99. The number of anilines is 1. The lowest BCUT2D eigenvalue weighted by Gasteiger charge is -2.34. The van der Waals surface area contributed by atoms with Crippen LogP contribution in [-0.4, -0.2) is 60.0 Å². The molecule has 0 aromatic carbocycles. The van der Waals surface area contributed by atoms with E-state index in [1.807, 2.05) is 11.0 Å². The van der Waals surface area contributed by atoms with Crippen LogP contribution in [0.25, 0.3) is 0 Å². The van der Waals surface area contributed by atoms with Gasteiger partial charge in [-0.2, -0.15) is 0 Å². The van der Waals surface area contributed by atoms with Crippen LogP contribution in [0.15, 0.2) is 18.5 Å². The van der Waals surface area contributed by atoms with Gasteiger partial charge >= 0.3 is 0 Å². The summed E-state index contributed by atoms with van der Waals surface area (Å²) in [6.45, 7) is 9.71. The van der Waals surface area contributed by atoms with Crippen molar-refractivity contribution in [1.82, 2.24) is 14.8 Å². The Labute approximate surface area is 121 Å². The Balaban J connectivity index is 2.05. The zero-order valence-corrected chi connectivity index (χ0v) is 12.4. The number of piperazine rings is 1. The van der Waals surface area contributed by atoms with Crippen molar-refractivity contribution in [2.75, 3.05) is 44.6 Å². The van der Waals surface area contributed by atoms with Gasteiger partial charge in [0, 0.05) is 45.1 Å². The molecule has 20 heavy (non-hydrogen) atoms. The summed E-state index contributed by atoms with van der Waals surface area (Å²) in [5, 5.41) is 3.30. The van der Waals surface area contributed by atoms with Crippen molar-refractivity contribution in [3.8, 4) is 0 Å². The third-order valence-corrected chi connectivity index (χ3v) is 3.72. The molecule has 0 bridgehead atoms. The third kappa shape index (κ3) is 3.48. The molecule has 1 aromatic heterocycles. The fraction of sp³-hybridized carbons (Fsp3) is 0.600. The minimum atomic E-state index is 0.0902. The summed E-state index contributed by atoms with van der Waals surface area (Å²) in [5.41, 5.74) is 1.58. The van der Waals surface area contributed by atoms with Crippen LogP contribution in [-0.2, 0) is 0 Å². The molecule has 2 heterocycles. The highest BCUT2D eigenvalue weighted by Gasteiger charge is 2.23. The molecule has 1 fully saturated rings. The predicted octanol–water partition coefficient (Wildman–Crippen LogP) is 1.68. The number of rotatable bonds is 5. The molecule has 1 saturated heterocycles. The zero-order valence-electron chi connectivity index (χ0n) is 12.4. The molecule has 0 aliphatic carbocycles. The number of carbonyl (C=O) groups is 1. The Morgan fingerprint density at radius 1 is 1.30 bits per heavy atom. The first kappa shape index (κ1) is 14.8. The zero-order chi connectivity index (χ0) is 14.4. The fourth-order valence-electron chi connectivity index (χ4n) is 2.42. The van der Waals surface area contributed by atoms with Gasteiger partial charge in [-0.25, -0.2) is 0 Å². The van der Waals surface area contributed by atoms with Gasteiger partial charge in [-0.05, 0) is 19.0 Å². The van der Waals surface area contributed by atoms with Gasteiger partial charge < -0.3 is 15.1 Å². The van der Waals surface area contributed by atoms with Gasteiger partial charge in [0.05, 0.1) is 11.3 Å². The number of nitrogens with one attached hydrogen (secondary N) is 1. The minimum absolute atomic E-state index is 0.0902. The molecule has 0 atom stereocenters. The van der Waals surface area contributed by atoms with E-state index in [-0.39, 0.29) is 5.91 Å². The average Bonchev–Trinajstić information content (AvgIpc) is 2.52. The molecule has 5 nitrogen and oxygen atoms in total. The molecule has 0 unspecified atom stereocenters. The number of hydrogen-bond donors (Lipinski definition) is 1. The normalized spacial score (nSPS) is 16.2. The summed E-state index contributed by atoms with van der Waals surface area (Å²) in [7, 11) is 0. The molecule has 2 rings (SSSR count). The van der Waals surface area contributed by atoms with Crippen molar-refractivity contribution in [2.45, 2.75) is 20.3 Å². The molecule has 1 aromatic rings. The van der Waals surface area contributed by atoms with Gasteiger partial charge in [0.2, 0.25) is 0 Å². The number of likely N-dealkylation sites (N-methyl/N-ethyl adjacent to an activating group) is 1. The van der Waals surface area contributed by atoms with Gasteiger partial charge in [-0.3, -0.25) is 9.78 Å². The molecule has 0 radical (unpaired) electrons. The molecule has 1 amide bonds. The van der Waals surface area contributed by atoms with Crippen molar-refractivity contribution in [2.24, 2.45) is 0 Å². The molecule has 5 heteroatoms. The molecule has 0 spiro atoms. The van der Waals surface area contributed by atoms with E-state index in [1.165, 1.54) is 0 Å². The number of hydrogen-bond acceptors (Lipinski definition) is 4. The fourth-order valence-corrected chi connectivity index (χ4v) is 2.42. The second kappa shape index (κ2) is 7.24. The Morgan fingerprint density at radius 2 is 2.05 bits per heavy atom. The number of aromatic nitrogens is 1. The molecular formula is C15H24N4O. The van der Waals surface area contributed by atoms with E-state index in [1.54, 1.807) is 12.4 Å². The summed E-state index contributed by atoms with van der Waals surface area (Å²) in [4.78, 5) is 21.0. The van der Waals surface area contributed by atoms with Crippen molar-refractivity contribution < 1.29 is 4.79 Å². The topological polar surface area (TPSA) is 48.5 Å². The molecule has 0 saturated carbocycles. The minimum Gasteiger partial charge on any atom is -0.384 e. The monoisotopic (exact) mass is 276 g/mol. The van der Waals surface area contributed by atoms with E-state index < -0.39 is 0 Å². The van der Waals surface area contributed by atoms with E-state index >= 15 is 0 Å². The molecule has 1 N–H and O–H groups in total. The highest BCUT2D eigenvalue weighted by Crippen LogP contribution is 2.17. The molecular weight excluding hydrogens is 252 g/mol. The summed E-state index contributed by atoms with van der Waals surface area (Å²) >= 11 is 0. The van der Waals surface area contributed by atoms with Gasteiger partial charge in [-0.1, -0.05) is 13.8 Å². The lowest BCUT2D eigenvalue weighted by molar-refractivity contribution is 0.0644. The lowest BCUT2D eigenvalue weighted by atomic mass is 10.2. The van der Waals surface area contributed by atoms with Crippen LogP contribution in [0.4, 0.5) is 5.69 Å². The number of carbonyl (C=O) groups excluding carboxylic acids is 1. The smallest absolute Gasteiger partial charge is 0.257 e. The van der Waals surface area contributed by atoms with Crippen LogP contribution < -0.4 is 5.32 Å². The van der Waals surface area contributed by atoms with Gasteiger partial charge in [0.25, 0.3) is 5.91 Å². The maximum Gasteiger partial charge on any atom is 0.257 e. The summed E-state index contributed by atoms with van der Waals surface area (Å²) in [6.07, 6.45) is 4.43. The van der Waals surface area contributed by atoms with Crippen LogP contribution in [0.3, 0.4) is 0 Å². The SMILES string of the molecule is CCCNc1ccncc1C(=O)N1CCN(CC)CC1. The first-order chi connectivity index (χ1) is 9.76. The van der Waals surface area contributed by atoms with Gasteiger partial charge in [0.15, 0.2) is 0 Å². The summed E-state index contributed by atoms with van der Waals surface area (Å²) in [5.74, 6) is 0.0902. The predicted molar refractivity (Wildman–Crippen MR) is 81.0 cm³/mol. The Morgan fingerprint density at radius 3 is 2.70 bits per heavy atom. The van der Waals surface area contributed by atoms with E-state index in [2.05, 4.69) is 29.0 Å². The van der Waals surface area contributed by atoms with E-state index in [0.717, 1.165) is 51.4 Å². The van der Waals surface area contributed by atoms with E-state index in [4.69, 9.17) is 0 Å². The highest BCUT2D eigenvalue weighted by atomic mass is 16.2. The Kier molecular flexibility index (Phi) is 5.35. The maximum absolute atomic E-state index is 12.6. The first-order valence-electron chi connectivity index (χ1n) is 7.45. The number of pyridine rings is 1. The van der Waals surface area contributed by atoms with E-state index in [0.29, 0.717) is 5.56 Å². The summed E-state index contributed by atoms with van der Waals surface area (Å²) < 4.78 is 0. The van der Waals surface area contributed by atoms with E-state index in [9.17, 15) is 4.79 Å². The Hall–Kier alpha value is -1.62. The molecule has 1 aliphatic rings. The standard InChI is InChI=1S/C15H24N4O/c1-3-6-17-14-5-7-16-12-13(14)15(20)19-10-8-18(4-2)9-11-19/h5,7,12H,3-4,6,8-11H2,1-2H3,(H,16,17). The van der Waals surface area contributed by atoms with Crippen molar-refractivity contribution >= 4 is 11.6 Å².